The Bertz CT molecular complexity index is 557. The molecule has 1 aromatic carbocycles. The molecule has 0 aliphatic carbocycles. The van der Waals surface area contributed by atoms with Crippen LogP contribution in [0.4, 0.5) is 5.82 Å². The molecule has 3 rings (SSSR count). The fourth-order valence-corrected chi connectivity index (χ4v) is 2.85. The molecule has 2 heterocycles. The zero-order chi connectivity index (χ0) is 14.7. The largest absolute Gasteiger partial charge is 0.355 e. The molecule has 110 valence electrons. The van der Waals surface area contributed by atoms with Gasteiger partial charge in [0.15, 0.2) is 0 Å². The van der Waals surface area contributed by atoms with Crippen molar-refractivity contribution in [2.24, 2.45) is 0 Å². The number of anilines is 1. The quantitative estimate of drug-likeness (QED) is 0.866. The standard InChI is InChI=1S/C17H22N4/c1-20(2)15-8-10-21(11-9-15)17-13-18-16(12-19-17)14-6-4-3-5-7-14/h3-7,12-13,15H,8-11H2,1-2H3. The molecule has 21 heavy (non-hydrogen) atoms. The smallest absolute Gasteiger partial charge is 0.147 e. The maximum atomic E-state index is 4.60. The Morgan fingerprint density at radius 1 is 1.00 bits per heavy atom. The maximum absolute atomic E-state index is 4.60. The van der Waals surface area contributed by atoms with Gasteiger partial charge in [0, 0.05) is 24.7 Å². The number of hydrogen-bond donors (Lipinski definition) is 0. The molecule has 1 aromatic heterocycles. The van der Waals surface area contributed by atoms with Gasteiger partial charge in [-0.05, 0) is 26.9 Å². The Hall–Kier alpha value is -1.94. The Labute approximate surface area is 126 Å². The van der Waals surface area contributed by atoms with Gasteiger partial charge in [0.2, 0.25) is 0 Å². The zero-order valence-corrected chi connectivity index (χ0v) is 12.7. The summed E-state index contributed by atoms with van der Waals surface area (Å²) >= 11 is 0. The summed E-state index contributed by atoms with van der Waals surface area (Å²) in [5.74, 6) is 0.992. The predicted octanol–water partition coefficient (Wildman–Crippen LogP) is 2.67. The number of hydrogen-bond acceptors (Lipinski definition) is 4. The lowest BCUT2D eigenvalue weighted by Crippen LogP contribution is -2.42. The third-order valence-electron chi connectivity index (χ3n) is 4.23. The van der Waals surface area contributed by atoms with Crippen molar-refractivity contribution in [3.63, 3.8) is 0 Å². The Morgan fingerprint density at radius 2 is 1.71 bits per heavy atom. The van der Waals surface area contributed by atoms with E-state index in [9.17, 15) is 0 Å². The third kappa shape index (κ3) is 3.22. The summed E-state index contributed by atoms with van der Waals surface area (Å²) in [6.45, 7) is 2.12. The number of aromatic nitrogens is 2. The molecule has 4 nitrogen and oxygen atoms in total. The van der Waals surface area contributed by atoms with E-state index in [0.717, 1.165) is 30.2 Å². The van der Waals surface area contributed by atoms with Crippen LogP contribution in [0.1, 0.15) is 12.8 Å². The lowest BCUT2D eigenvalue weighted by Gasteiger charge is -2.35. The van der Waals surface area contributed by atoms with E-state index in [1.807, 2.05) is 30.6 Å². The van der Waals surface area contributed by atoms with Crippen LogP contribution in [0.2, 0.25) is 0 Å². The van der Waals surface area contributed by atoms with E-state index in [4.69, 9.17) is 0 Å². The molecule has 0 radical (unpaired) electrons. The average Bonchev–Trinajstić information content (AvgIpc) is 2.56. The van der Waals surface area contributed by atoms with Crippen LogP contribution in [0.3, 0.4) is 0 Å². The summed E-state index contributed by atoms with van der Waals surface area (Å²) < 4.78 is 0. The summed E-state index contributed by atoms with van der Waals surface area (Å²) in [7, 11) is 4.32. The van der Waals surface area contributed by atoms with E-state index >= 15 is 0 Å². The van der Waals surface area contributed by atoms with Crippen LogP contribution in [-0.2, 0) is 0 Å². The molecular formula is C17H22N4. The van der Waals surface area contributed by atoms with Crippen molar-refractivity contribution in [1.82, 2.24) is 14.9 Å². The molecule has 1 fully saturated rings. The second-order valence-electron chi connectivity index (χ2n) is 5.81. The van der Waals surface area contributed by atoms with Gasteiger partial charge in [-0.1, -0.05) is 30.3 Å². The number of benzene rings is 1. The van der Waals surface area contributed by atoms with Gasteiger partial charge >= 0.3 is 0 Å². The first kappa shape index (κ1) is 14.0. The molecular weight excluding hydrogens is 260 g/mol. The van der Waals surface area contributed by atoms with E-state index in [1.54, 1.807) is 0 Å². The van der Waals surface area contributed by atoms with E-state index < -0.39 is 0 Å². The number of nitrogens with zero attached hydrogens (tertiary/aromatic N) is 4. The first-order valence-corrected chi connectivity index (χ1v) is 7.53. The van der Waals surface area contributed by atoms with Crippen LogP contribution >= 0.6 is 0 Å². The molecule has 1 aliphatic rings. The molecule has 4 heteroatoms. The first-order chi connectivity index (χ1) is 10.2. The molecule has 0 N–H and O–H groups in total. The average molecular weight is 282 g/mol. The second-order valence-corrected chi connectivity index (χ2v) is 5.81. The van der Waals surface area contributed by atoms with Crippen LogP contribution < -0.4 is 4.90 Å². The molecule has 0 bridgehead atoms. The monoisotopic (exact) mass is 282 g/mol. The lowest BCUT2D eigenvalue weighted by molar-refractivity contribution is 0.249. The molecule has 0 unspecified atom stereocenters. The van der Waals surface area contributed by atoms with E-state index in [2.05, 4.69) is 46.0 Å². The highest BCUT2D eigenvalue weighted by Crippen LogP contribution is 2.21. The summed E-state index contributed by atoms with van der Waals surface area (Å²) in [5.41, 5.74) is 2.05. The predicted molar refractivity (Wildman–Crippen MR) is 86.4 cm³/mol. The van der Waals surface area contributed by atoms with Gasteiger partial charge in [0.1, 0.15) is 5.82 Å². The van der Waals surface area contributed by atoms with Crippen molar-refractivity contribution in [3.05, 3.63) is 42.7 Å². The van der Waals surface area contributed by atoms with Gasteiger partial charge in [-0.15, -0.1) is 0 Å². The maximum Gasteiger partial charge on any atom is 0.147 e. The van der Waals surface area contributed by atoms with Crippen molar-refractivity contribution in [2.75, 3.05) is 32.1 Å². The van der Waals surface area contributed by atoms with E-state index in [-0.39, 0.29) is 0 Å². The third-order valence-corrected chi connectivity index (χ3v) is 4.23. The molecule has 1 saturated heterocycles. The Kier molecular flexibility index (Phi) is 4.15. The van der Waals surface area contributed by atoms with Gasteiger partial charge < -0.3 is 9.80 Å². The van der Waals surface area contributed by atoms with Crippen LogP contribution in [0.5, 0.6) is 0 Å². The minimum absolute atomic E-state index is 0.692. The van der Waals surface area contributed by atoms with Crippen molar-refractivity contribution < 1.29 is 0 Å². The lowest BCUT2D eigenvalue weighted by atomic mass is 10.0. The number of rotatable bonds is 3. The fourth-order valence-electron chi connectivity index (χ4n) is 2.85. The zero-order valence-electron chi connectivity index (χ0n) is 12.7. The van der Waals surface area contributed by atoms with Crippen LogP contribution in [0, 0.1) is 0 Å². The van der Waals surface area contributed by atoms with E-state index in [0.29, 0.717) is 6.04 Å². The van der Waals surface area contributed by atoms with Gasteiger partial charge in [0.05, 0.1) is 18.1 Å². The van der Waals surface area contributed by atoms with Crippen molar-refractivity contribution >= 4 is 5.82 Å². The minimum atomic E-state index is 0.692. The second kappa shape index (κ2) is 6.22. The molecule has 1 aliphatic heterocycles. The van der Waals surface area contributed by atoms with Gasteiger partial charge in [0.25, 0.3) is 0 Å². The highest BCUT2D eigenvalue weighted by atomic mass is 15.2. The van der Waals surface area contributed by atoms with Crippen LogP contribution in [0.15, 0.2) is 42.7 Å². The highest BCUT2D eigenvalue weighted by Gasteiger charge is 2.21. The van der Waals surface area contributed by atoms with Gasteiger partial charge in [-0.2, -0.15) is 0 Å². The topological polar surface area (TPSA) is 32.3 Å². The minimum Gasteiger partial charge on any atom is -0.355 e. The van der Waals surface area contributed by atoms with Crippen LogP contribution in [0.25, 0.3) is 11.3 Å². The molecule has 0 amide bonds. The molecule has 0 spiro atoms. The fraction of sp³-hybridized carbons (Fsp3) is 0.412. The van der Waals surface area contributed by atoms with E-state index in [1.165, 1.54) is 12.8 Å². The molecule has 0 saturated carbocycles. The van der Waals surface area contributed by atoms with Gasteiger partial charge in [-0.3, -0.25) is 4.98 Å². The Morgan fingerprint density at radius 3 is 2.29 bits per heavy atom. The van der Waals surface area contributed by atoms with Crippen LogP contribution in [-0.4, -0.2) is 48.1 Å². The first-order valence-electron chi connectivity index (χ1n) is 7.53. The normalized spacial score (nSPS) is 16.4. The summed E-state index contributed by atoms with van der Waals surface area (Å²) in [6.07, 6.45) is 6.16. The Balaban J connectivity index is 1.68. The van der Waals surface area contributed by atoms with Crippen molar-refractivity contribution in [3.8, 4) is 11.3 Å². The summed E-state index contributed by atoms with van der Waals surface area (Å²) in [4.78, 5) is 13.8. The highest BCUT2D eigenvalue weighted by molar-refractivity contribution is 5.58. The van der Waals surface area contributed by atoms with Gasteiger partial charge in [-0.25, -0.2) is 4.98 Å². The van der Waals surface area contributed by atoms with Crippen molar-refractivity contribution in [2.45, 2.75) is 18.9 Å². The molecule has 2 aromatic rings. The SMILES string of the molecule is CN(C)C1CCN(c2cnc(-c3ccccc3)cn2)CC1. The van der Waals surface area contributed by atoms with Crippen molar-refractivity contribution in [1.29, 1.82) is 0 Å². The number of piperidine rings is 1. The molecule has 0 atom stereocenters. The summed E-state index contributed by atoms with van der Waals surface area (Å²) in [6, 6.07) is 10.9. The summed E-state index contributed by atoms with van der Waals surface area (Å²) in [5, 5.41) is 0.